The number of rotatable bonds is 3. The Morgan fingerprint density at radius 3 is 3.00 bits per heavy atom. The van der Waals surface area contributed by atoms with Crippen LogP contribution in [0.4, 0.5) is 5.69 Å². The maximum atomic E-state index is 11.4. The smallest absolute Gasteiger partial charge is 0.373 e. The number of hydrogen-bond acceptors (Lipinski definition) is 6. The summed E-state index contributed by atoms with van der Waals surface area (Å²) >= 11 is 3.36. The fourth-order valence-electron chi connectivity index (χ4n) is 2.06. The molecule has 0 bridgehead atoms. The average Bonchev–Trinajstić information content (AvgIpc) is 3.04. The van der Waals surface area contributed by atoms with Gasteiger partial charge in [0.25, 0.3) is 0 Å². The number of aliphatic imine (C=N–C) groups is 1. The molecule has 22 heavy (non-hydrogen) atoms. The Kier molecular flexibility index (Phi) is 4.59. The SMILES string of the molecule is COC(=O)c1ccc([C@H](C)SC2=Nc3ccccc3CS2)o1. The van der Waals surface area contributed by atoms with E-state index in [1.165, 1.54) is 12.7 Å². The molecule has 0 spiro atoms. The van der Waals surface area contributed by atoms with E-state index >= 15 is 0 Å². The van der Waals surface area contributed by atoms with Crippen molar-refractivity contribution in [3.63, 3.8) is 0 Å². The molecule has 1 aromatic heterocycles. The molecule has 3 rings (SSSR count). The lowest BCUT2D eigenvalue weighted by Crippen LogP contribution is -1.99. The van der Waals surface area contributed by atoms with Gasteiger partial charge in [-0.3, -0.25) is 0 Å². The van der Waals surface area contributed by atoms with Crippen molar-refractivity contribution >= 4 is 39.6 Å². The lowest BCUT2D eigenvalue weighted by atomic mass is 10.2. The molecule has 6 heteroatoms. The number of methoxy groups -OCH3 is 1. The first kappa shape index (κ1) is 15.2. The molecular formula is C16H15NO3S2. The zero-order chi connectivity index (χ0) is 15.5. The van der Waals surface area contributed by atoms with Crippen molar-refractivity contribution in [2.24, 2.45) is 4.99 Å². The van der Waals surface area contributed by atoms with E-state index in [1.54, 1.807) is 29.6 Å². The number of benzene rings is 1. The summed E-state index contributed by atoms with van der Waals surface area (Å²) in [5.74, 6) is 1.45. The zero-order valence-corrected chi connectivity index (χ0v) is 13.9. The Labute approximate surface area is 137 Å². The third kappa shape index (κ3) is 3.23. The topological polar surface area (TPSA) is 51.8 Å². The molecule has 0 N–H and O–H groups in total. The van der Waals surface area contributed by atoms with Crippen LogP contribution < -0.4 is 0 Å². The van der Waals surface area contributed by atoms with Gasteiger partial charge in [0.2, 0.25) is 5.76 Å². The number of nitrogens with zero attached hydrogens (tertiary/aromatic N) is 1. The standard InChI is InChI=1S/C16H15NO3S2/c1-10(13-7-8-14(20-13)15(18)19-2)22-16-17-12-6-4-3-5-11(12)9-21-16/h3-8,10H,9H2,1-2H3/t10-/m0/s1. The number of thioether (sulfide) groups is 2. The fraction of sp³-hybridized carbons (Fsp3) is 0.250. The molecule has 0 fully saturated rings. The van der Waals surface area contributed by atoms with Crippen LogP contribution in [0.2, 0.25) is 0 Å². The van der Waals surface area contributed by atoms with Crippen molar-refractivity contribution in [1.29, 1.82) is 0 Å². The van der Waals surface area contributed by atoms with E-state index in [1.807, 2.05) is 31.2 Å². The van der Waals surface area contributed by atoms with Gasteiger partial charge in [0, 0.05) is 5.75 Å². The van der Waals surface area contributed by atoms with Crippen LogP contribution in [0.1, 0.15) is 34.1 Å². The van der Waals surface area contributed by atoms with Crippen LogP contribution in [0.3, 0.4) is 0 Å². The minimum absolute atomic E-state index is 0.0786. The molecule has 0 saturated carbocycles. The van der Waals surface area contributed by atoms with Crippen molar-refractivity contribution in [3.05, 3.63) is 53.5 Å². The average molecular weight is 333 g/mol. The minimum Gasteiger partial charge on any atom is -0.463 e. The van der Waals surface area contributed by atoms with E-state index in [0.717, 1.165) is 21.6 Å². The number of carbonyl (C=O) groups excluding carboxylic acids is 1. The third-order valence-corrected chi connectivity index (χ3v) is 5.56. The van der Waals surface area contributed by atoms with E-state index in [2.05, 4.69) is 15.8 Å². The maximum absolute atomic E-state index is 11.4. The molecule has 0 amide bonds. The van der Waals surface area contributed by atoms with Crippen molar-refractivity contribution in [2.75, 3.05) is 7.11 Å². The lowest BCUT2D eigenvalue weighted by molar-refractivity contribution is 0.0563. The molecule has 0 radical (unpaired) electrons. The van der Waals surface area contributed by atoms with Gasteiger partial charge in [0.15, 0.2) is 0 Å². The Balaban J connectivity index is 1.72. The molecule has 0 aliphatic carbocycles. The van der Waals surface area contributed by atoms with Crippen LogP contribution in [-0.4, -0.2) is 17.5 Å². The molecule has 0 saturated heterocycles. The van der Waals surface area contributed by atoms with E-state index in [4.69, 9.17) is 4.42 Å². The first-order chi connectivity index (χ1) is 10.7. The van der Waals surface area contributed by atoms with Gasteiger partial charge in [0.1, 0.15) is 10.1 Å². The Morgan fingerprint density at radius 1 is 1.36 bits per heavy atom. The Bertz CT molecular complexity index is 724. The second-order valence-corrected chi connectivity index (χ2v) is 7.30. The second kappa shape index (κ2) is 6.62. The quantitative estimate of drug-likeness (QED) is 0.756. The first-order valence-electron chi connectivity index (χ1n) is 6.81. The number of fused-ring (bicyclic) bond motifs is 1. The zero-order valence-electron chi connectivity index (χ0n) is 12.2. The number of esters is 1. The number of furan rings is 1. The monoisotopic (exact) mass is 333 g/mol. The Hall–Kier alpha value is -1.66. The summed E-state index contributed by atoms with van der Waals surface area (Å²) in [6, 6.07) is 11.6. The van der Waals surface area contributed by atoms with E-state index < -0.39 is 5.97 Å². The third-order valence-electron chi connectivity index (χ3n) is 3.25. The molecule has 1 aliphatic rings. The summed E-state index contributed by atoms with van der Waals surface area (Å²) in [5, 5.41) is 0.0786. The molecule has 1 aliphatic heterocycles. The summed E-state index contributed by atoms with van der Waals surface area (Å²) in [7, 11) is 1.34. The van der Waals surface area contributed by atoms with Crippen molar-refractivity contribution < 1.29 is 13.9 Å². The van der Waals surface area contributed by atoms with Gasteiger partial charge in [-0.1, -0.05) is 41.7 Å². The van der Waals surface area contributed by atoms with E-state index in [0.29, 0.717) is 0 Å². The molecule has 2 heterocycles. The molecular weight excluding hydrogens is 318 g/mol. The highest BCUT2D eigenvalue weighted by Crippen LogP contribution is 2.40. The first-order valence-corrected chi connectivity index (χ1v) is 8.68. The summed E-state index contributed by atoms with van der Waals surface area (Å²) in [4.78, 5) is 16.1. The van der Waals surface area contributed by atoms with Crippen LogP contribution in [0.25, 0.3) is 0 Å². The summed E-state index contributed by atoms with van der Waals surface area (Å²) < 4.78 is 11.2. The summed E-state index contributed by atoms with van der Waals surface area (Å²) in [6.07, 6.45) is 0. The highest BCUT2D eigenvalue weighted by Gasteiger charge is 2.20. The molecule has 1 aromatic carbocycles. The van der Waals surface area contributed by atoms with Crippen LogP contribution in [-0.2, 0) is 10.5 Å². The van der Waals surface area contributed by atoms with Crippen LogP contribution in [0.5, 0.6) is 0 Å². The largest absolute Gasteiger partial charge is 0.463 e. The second-order valence-electron chi connectivity index (χ2n) is 4.75. The predicted molar refractivity (Wildman–Crippen MR) is 90.9 cm³/mol. The molecule has 4 nitrogen and oxygen atoms in total. The summed E-state index contributed by atoms with van der Waals surface area (Å²) in [5.41, 5.74) is 2.29. The highest BCUT2D eigenvalue weighted by atomic mass is 32.2. The molecule has 2 aromatic rings. The lowest BCUT2D eigenvalue weighted by Gasteiger charge is -2.16. The maximum Gasteiger partial charge on any atom is 0.373 e. The Morgan fingerprint density at radius 2 is 2.18 bits per heavy atom. The van der Waals surface area contributed by atoms with Crippen LogP contribution >= 0.6 is 23.5 Å². The van der Waals surface area contributed by atoms with Gasteiger partial charge in [-0.05, 0) is 30.7 Å². The van der Waals surface area contributed by atoms with E-state index in [9.17, 15) is 4.79 Å². The van der Waals surface area contributed by atoms with Crippen LogP contribution in [0, 0.1) is 0 Å². The number of carbonyl (C=O) groups is 1. The fourth-order valence-corrected chi connectivity index (χ4v) is 4.33. The van der Waals surface area contributed by atoms with Crippen molar-refractivity contribution in [1.82, 2.24) is 0 Å². The number of hydrogen-bond donors (Lipinski definition) is 0. The predicted octanol–water partition coefficient (Wildman–Crippen LogP) is 4.79. The van der Waals surface area contributed by atoms with Gasteiger partial charge in [0.05, 0.1) is 18.0 Å². The minimum atomic E-state index is -0.457. The number of ether oxygens (including phenoxy) is 1. The normalized spacial score (nSPS) is 14.9. The number of para-hydroxylation sites is 1. The highest BCUT2D eigenvalue weighted by molar-refractivity contribution is 8.38. The van der Waals surface area contributed by atoms with Crippen LogP contribution in [0.15, 0.2) is 45.8 Å². The van der Waals surface area contributed by atoms with Gasteiger partial charge in [-0.25, -0.2) is 9.79 Å². The van der Waals surface area contributed by atoms with Crippen molar-refractivity contribution in [3.8, 4) is 0 Å². The molecule has 1 atom stereocenters. The van der Waals surface area contributed by atoms with Crippen molar-refractivity contribution in [2.45, 2.75) is 17.9 Å². The van der Waals surface area contributed by atoms with Gasteiger partial charge >= 0.3 is 5.97 Å². The molecule has 0 unspecified atom stereocenters. The van der Waals surface area contributed by atoms with E-state index in [-0.39, 0.29) is 11.0 Å². The molecule has 114 valence electrons. The summed E-state index contributed by atoms with van der Waals surface area (Å²) in [6.45, 7) is 2.04. The van der Waals surface area contributed by atoms with Gasteiger partial charge in [-0.15, -0.1) is 0 Å². The van der Waals surface area contributed by atoms with Gasteiger partial charge in [-0.2, -0.15) is 0 Å². The van der Waals surface area contributed by atoms with Gasteiger partial charge < -0.3 is 9.15 Å².